The average molecular weight is 407 g/mol. The van der Waals surface area contributed by atoms with Crippen LogP contribution in [-0.2, 0) is 6.18 Å². The molecule has 0 fully saturated rings. The fourth-order valence-corrected chi connectivity index (χ4v) is 3.51. The molecule has 5 heteroatoms. The molecule has 1 unspecified atom stereocenters. The molecule has 0 saturated carbocycles. The first kappa shape index (κ1) is 23.2. The van der Waals surface area contributed by atoms with E-state index in [-0.39, 0.29) is 6.04 Å². The maximum Gasteiger partial charge on any atom is 0.416 e. The van der Waals surface area contributed by atoms with Crippen molar-refractivity contribution in [3.05, 3.63) is 59.3 Å². The minimum Gasteiger partial charge on any atom is -0.363 e. The molecule has 1 heterocycles. The van der Waals surface area contributed by atoms with Gasteiger partial charge in [0.05, 0.1) is 11.6 Å². The third kappa shape index (κ3) is 8.08. The van der Waals surface area contributed by atoms with Gasteiger partial charge in [0.1, 0.15) is 5.82 Å². The molecule has 2 aromatic rings. The molecule has 1 atom stereocenters. The van der Waals surface area contributed by atoms with Crippen molar-refractivity contribution in [1.29, 1.82) is 0 Å². The number of halogens is 3. The second-order valence-electron chi connectivity index (χ2n) is 7.75. The van der Waals surface area contributed by atoms with Gasteiger partial charge in [-0.15, -0.1) is 0 Å². The van der Waals surface area contributed by atoms with Crippen molar-refractivity contribution in [1.82, 2.24) is 4.98 Å². The quantitative estimate of drug-likeness (QED) is 0.360. The van der Waals surface area contributed by atoms with Crippen molar-refractivity contribution in [2.45, 2.75) is 83.9 Å². The maximum absolute atomic E-state index is 12.9. The number of unbranched alkanes of at least 4 members (excludes halogenated alkanes) is 7. The van der Waals surface area contributed by atoms with Crippen LogP contribution < -0.4 is 5.32 Å². The Morgan fingerprint density at radius 3 is 2.10 bits per heavy atom. The molecule has 0 aliphatic rings. The van der Waals surface area contributed by atoms with Gasteiger partial charge in [0.25, 0.3) is 0 Å². The van der Waals surface area contributed by atoms with Crippen LogP contribution in [0.15, 0.2) is 42.6 Å². The number of hydrogen-bond donors (Lipinski definition) is 1. The van der Waals surface area contributed by atoms with Crippen LogP contribution in [0.1, 0.15) is 87.4 Å². The lowest BCUT2D eigenvalue weighted by molar-refractivity contribution is -0.137. The summed E-state index contributed by atoms with van der Waals surface area (Å²) in [5, 5.41) is 3.45. The summed E-state index contributed by atoms with van der Waals surface area (Å²) in [4.78, 5) is 4.40. The lowest BCUT2D eigenvalue weighted by Gasteiger charge is -2.21. The van der Waals surface area contributed by atoms with Gasteiger partial charge in [-0.2, -0.15) is 13.2 Å². The Bertz CT molecular complexity index is 711. The number of aromatic nitrogens is 1. The summed E-state index contributed by atoms with van der Waals surface area (Å²) in [7, 11) is 0. The normalized spacial score (nSPS) is 12.7. The minimum absolute atomic E-state index is 0.0500. The molecule has 1 aromatic carbocycles. The van der Waals surface area contributed by atoms with Crippen molar-refractivity contribution in [3.8, 4) is 0 Å². The molecule has 1 N–H and O–H groups in total. The molecule has 2 nitrogen and oxygen atoms in total. The molecule has 1 aromatic heterocycles. The lowest BCUT2D eigenvalue weighted by atomic mass is 9.98. The van der Waals surface area contributed by atoms with Gasteiger partial charge in [0, 0.05) is 6.20 Å². The van der Waals surface area contributed by atoms with E-state index < -0.39 is 11.7 Å². The molecule has 29 heavy (non-hydrogen) atoms. The summed E-state index contributed by atoms with van der Waals surface area (Å²) in [5.74, 6) is 0.789. The fourth-order valence-electron chi connectivity index (χ4n) is 3.51. The van der Waals surface area contributed by atoms with Crippen molar-refractivity contribution >= 4 is 5.82 Å². The molecule has 0 spiro atoms. The summed E-state index contributed by atoms with van der Waals surface area (Å²) in [5.41, 5.74) is 1.28. The fraction of sp³-hybridized carbons (Fsp3) is 0.542. The monoisotopic (exact) mass is 406 g/mol. The van der Waals surface area contributed by atoms with Crippen molar-refractivity contribution in [3.63, 3.8) is 0 Å². The van der Waals surface area contributed by atoms with Gasteiger partial charge in [0.2, 0.25) is 0 Å². The highest BCUT2D eigenvalue weighted by Gasteiger charge is 2.30. The summed E-state index contributed by atoms with van der Waals surface area (Å²) in [6.07, 6.45) is 8.13. The Kier molecular flexibility index (Phi) is 9.49. The standard InChI is InChI=1S/C24H33F3N2/c1-3-4-5-6-7-8-9-10-13-22(29-23-19(2)12-11-18-28-23)20-14-16-21(17-15-20)24(25,26)27/h11-12,14-18,22H,3-10,13H2,1-2H3,(H,28,29). The third-order valence-electron chi connectivity index (χ3n) is 5.31. The summed E-state index contributed by atoms with van der Waals surface area (Å²) in [6, 6.07) is 9.33. The minimum atomic E-state index is -4.31. The van der Waals surface area contributed by atoms with Crippen LogP contribution in [0.5, 0.6) is 0 Å². The number of hydrogen-bond acceptors (Lipinski definition) is 2. The highest BCUT2D eigenvalue weighted by molar-refractivity contribution is 5.45. The van der Waals surface area contributed by atoms with E-state index in [1.165, 1.54) is 50.7 Å². The predicted molar refractivity (Wildman–Crippen MR) is 114 cm³/mol. The number of nitrogens with one attached hydrogen (secondary N) is 1. The molecule has 0 aliphatic heterocycles. The van der Waals surface area contributed by atoms with E-state index in [2.05, 4.69) is 17.2 Å². The van der Waals surface area contributed by atoms with Crippen LogP contribution in [-0.4, -0.2) is 4.98 Å². The van der Waals surface area contributed by atoms with E-state index in [4.69, 9.17) is 0 Å². The number of rotatable bonds is 12. The van der Waals surface area contributed by atoms with E-state index in [0.717, 1.165) is 36.2 Å². The predicted octanol–water partition coefficient (Wildman–Crippen LogP) is 8.09. The van der Waals surface area contributed by atoms with Gasteiger partial charge in [0.15, 0.2) is 0 Å². The van der Waals surface area contributed by atoms with Gasteiger partial charge < -0.3 is 5.32 Å². The van der Waals surface area contributed by atoms with Gasteiger partial charge in [-0.1, -0.05) is 76.5 Å². The second kappa shape index (κ2) is 11.8. The number of nitrogens with zero attached hydrogens (tertiary/aromatic N) is 1. The van der Waals surface area contributed by atoms with Crippen LogP contribution in [0.3, 0.4) is 0 Å². The molecule has 0 saturated heterocycles. The number of pyridine rings is 1. The Balaban J connectivity index is 1.97. The molecule has 0 radical (unpaired) electrons. The number of alkyl halides is 3. The molecular formula is C24H33F3N2. The van der Waals surface area contributed by atoms with Gasteiger partial charge in [-0.25, -0.2) is 4.98 Å². The van der Waals surface area contributed by atoms with Gasteiger partial charge >= 0.3 is 6.18 Å². The Labute approximate surface area is 172 Å². The summed E-state index contributed by atoms with van der Waals surface area (Å²) in [6.45, 7) is 4.20. The van der Waals surface area contributed by atoms with E-state index >= 15 is 0 Å². The van der Waals surface area contributed by atoms with Crippen LogP contribution >= 0.6 is 0 Å². The SMILES string of the molecule is CCCCCCCCCCC(Nc1ncccc1C)c1ccc(C(F)(F)F)cc1. The van der Waals surface area contributed by atoms with Crippen LogP contribution in [0.4, 0.5) is 19.0 Å². The molecule has 0 aliphatic carbocycles. The lowest BCUT2D eigenvalue weighted by Crippen LogP contribution is -2.13. The summed E-state index contributed by atoms with van der Waals surface area (Å²) >= 11 is 0. The highest BCUT2D eigenvalue weighted by atomic mass is 19.4. The average Bonchev–Trinajstić information content (AvgIpc) is 2.70. The first-order valence-electron chi connectivity index (χ1n) is 10.8. The Hall–Kier alpha value is -2.04. The zero-order chi connectivity index (χ0) is 21.1. The number of aryl methyl sites for hydroxylation is 1. The second-order valence-corrected chi connectivity index (χ2v) is 7.75. The molecule has 0 bridgehead atoms. The van der Waals surface area contributed by atoms with E-state index in [1.807, 2.05) is 19.1 Å². The maximum atomic E-state index is 12.9. The topological polar surface area (TPSA) is 24.9 Å². The van der Waals surface area contributed by atoms with Crippen molar-refractivity contribution < 1.29 is 13.2 Å². The first-order chi connectivity index (χ1) is 13.9. The Morgan fingerprint density at radius 1 is 0.897 bits per heavy atom. The van der Waals surface area contributed by atoms with E-state index in [0.29, 0.717) is 0 Å². The number of anilines is 1. The molecule has 0 amide bonds. The zero-order valence-electron chi connectivity index (χ0n) is 17.6. The molecule has 2 rings (SSSR count). The van der Waals surface area contributed by atoms with Crippen molar-refractivity contribution in [2.75, 3.05) is 5.32 Å². The van der Waals surface area contributed by atoms with Gasteiger partial charge in [-0.3, -0.25) is 0 Å². The number of benzene rings is 1. The third-order valence-corrected chi connectivity index (χ3v) is 5.31. The molecular weight excluding hydrogens is 373 g/mol. The highest BCUT2D eigenvalue weighted by Crippen LogP contribution is 2.32. The largest absolute Gasteiger partial charge is 0.416 e. The smallest absolute Gasteiger partial charge is 0.363 e. The first-order valence-corrected chi connectivity index (χ1v) is 10.8. The van der Waals surface area contributed by atoms with Crippen LogP contribution in [0.2, 0.25) is 0 Å². The molecule has 160 valence electrons. The van der Waals surface area contributed by atoms with E-state index in [9.17, 15) is 13.2 Å². The van der Waals surface area contributed by atoms with Crippen LogP contribution in [0, 0.1) is 6.92 Å². The van der Waals surface area contributed by atoms with E-state index in [1.54, 1.807) is 18.3 Å². The van der Waals surface area contributed by atoms with Crippen molar-refractivity contribution in [2.24, 2.45) is 0 Å². The van der Waals surface area contributed by atoms with Crippen LogP contribution in [0.25, 0.3) is 0 Å². The van der Waals surface area contributed by atoms with Gasteiger partial charge in [-0.05, 0) is 42.7 Å². The Morgan fingerprint density at radius 2 is 1.52 bits per heavy atom. The summed E-state index contributed by atoms with van der Waals surface area (Å²) < 4.78 is 38.7. The zero-order valence-corrected chi connectivity index (χ0v) is 17.6.